The number of pyridine rings is 1. The molecule has 1 amide bonds. The summed E-state index contributed by atoms with van der Waals surface area (Å²) in [5.74, 6) is -6.47. The molecule has 1 aliphatic rings. The summed E-state index contributed by atoms with van der Waals surface area (Å²) < 4.78 is 101. The molecule has 336 valence electrons. The van der Waals surface area contributed by atoms with Gasteiger partial charge >= 0.3 is 36.4 Å². The summed E-state index contributed by atoms with van der Waals surface area (Å²) in [6.07, 6.45) is -8.33. The molecule has 0 spiro atoms. The van der Waals surface area contributed by atoms with Gasteiger partial charge in [-0.25, -0.2) is 24.4 Å². The van der Waals surface area contributed by atoms with Crippen molar-refractivity contribution in [3.05, 3.63) is 42.4 Å². The van der Waals surface area contributed by atoms with E-state index in [0.717, 1.165) is 92.3 Å². The van der Waals surface area contributed by atoms with Gasteiger partial charge in [0.25, 0.3) is 0 Å². The molecule has 60 heavy (non-hydrogen) atoms. The Morgan fingerprint density at radius 1 is 0.833 bits per heavy atom. The summed E-state index contributed by atoms with van der Waals surface area (Å²) in [5.41, 5.74) is 2.36. The molecule has 1 aliphatic heterocycles. The van der Waals surface area contributed by atoms with Gasteiger partial charge in [0.15, 0.2) is 0 Å². The van der Waals surface area contributed by atoms with E-state index < -0.39 is 36.4 Å². The lowest BCUT2D eigenvalue weighted by molar-refractivity contribution is -0.193. The molecule has 5 N–H and O–H groups in total. The average Bonchev–Trinajstić information content (AvgIpc) is 3.66. The number of likely N-dealkylation sites (N-methyl/N-ethyl adjacent to an activating group) is 1. The number of amides is 1. The number of hydrogen-bond acceptors (Lipinski definition) is 10. The van der Waals surface area contributed by atoms with Crippen molar-refractivity contribution in [3.63, 3.8) is 0 Å². The van der Waals surface area contributed by atoms with E-state index in [1.807, 2.05) is 37.3 Å². The third-order valence-corrected chi connectivity index (χ3v) is 8.26. The molecule has 0 unspecified atom stereocenters. The number of rotatable bonds is 14. The number of fused-ring (bicyclic) bond motifs is 1. The van der Waals surface area contributed by atoms with E-state index in [-0.39, 0.29) is 11.9 Å². The minimum Gasteiger partial charge on any atom is -0.496 e. The molecule has 15 nitrogen and oxygen atoms in total. The minimum absolute atomic E-state index is 0.0311. The van der Waals surface area contributed by atoms with Crippen molar-refractivity contribution in [3.8, 4) is 17.1 Å². The van der Waals surface area contributed by atoms with Crippen molar-refractivity contribution >= 4 is 40.5 Å². The van der Waals surface area contributed by atoms with Gasteiger partial charge in [0.05, 0.1) is 36.3 Å². The number of carbonyl (C=O) groups excluding carboxylic acids is 2. The summed E-state index contributed by atoms with van der Waals surface area (Å²) in [6.45, 7) is 6.72. The van der Waals surface area contributed by atoms with Gasteiger partial charge < -0.3 is 40.2 Å². The standard InChI is InChI=1S/C30H42N6O3.3C2HF3O2/c1-4-22(37)10-6-5-7-13-25(33-29(38)14-15-36-18-16-35(2)17-19-36)30-31-21-27(34-30)26-20-28(39-3)23-11-8-9-12-24(23)32-26;3*3-2(4,5)1(6)7/h8-9,11-12,20-21,25H,4-7,10,13-19H2,1-3H3,(H,31,34)(H,33,38);3*(H,6,7)/t25-;;;/m0.../s1. The number of ketones is 1. The maximum absolute atomic E-state index is 13.0. The maximum Gasteiger partial charge on any atom is 0.490 e. The number of carbonyl (C=O) groups is 5. The largest absolute Gasteiger partial charge is 0.496 e. The number of carboxylic acids is 3. The molecule has 1 saturated heterocycles. The van der Waals surface area contributed by atoms with Crippen molar-refractivity contribution in [2.75, 3.05) is 46.9 Å². The van der Waals surface area contributed by atoms with Crippen LogP contribution in [0.15, 0.2) is 36.5 Å². The van der Waals surface area contributed by atoms with E-state index in [9.17, 15) is 49.1 Å². The van der Waals surface area contributed by atoms with Crippen LogP contribution in [0.4, 0.5) is 39.5 Å². The zero-order chi connectivity index (χ0) is 45.8. The second-order valence-electron chi connectivity index (χ2n) is 12.8. The van der Waals surface area contributed by atoms with Gasteiger partial charge in [-0.05, 0) is 32.0 Å². The topological polar surface area (TPSA) is 215 Å². The van der Waals surface area contributed by atoms with Crippen molar-refractivity contribution in [2.24, 2.45) is 0 Å². The Hall–Kier alpha value is -5.52. The van der Waals surface area contributed by atoms with Gasteiger partial charge in [0.1, 0.15) is 17.4 Å². The number of piperazine rings is 1. The minimum atomic E-state index is -5.08. The number of halogens is 9. The summed E-state index contributed by atoms with van der Waals surface area (Å²) in [6, 6.07) is 9.56. The molecule has 24 heteroatoms. The molecule has 1 atom stereocenters. The number of para-hydroxylation sites is 1. The number of aromatic nitrogens is 3. The number of methoxy groups -OCH3 is 1. The number of aliphatic carboxylic acids is 3. The number of nitrogens with zero attached hydrogens (tertiary/aromatic N) is 4. The summed E-state index contributed by atoms with van der Waals surface area (Å²) in [7, 11) is 3.79. The second kappa shape index (κ2) is 24.5. The lowest BCUT2D eigenvalue weighted by atomic mass is 10.0. The number of nitrogens with one attached hydrogen (secondary N) is 2. The Morgan fingerprint density at radius 2 is 1.37 bits per heavy atom. The van der Waals surface area contributed by atoms with Gasteiger partial charge in [-0.3, -0.25) is 9.59 Å². The van der Waals surface area contributed by atoms with Gasteiger partial charge in [0, 0.05) is 63.4 Å². The Labute approximate surface area is 336 Å². The summed E-state index contributed by atoms with van der Waals surface area (Å²) >= 11 is 0. The van der Waals surface area contributed by atoms with Crippen LogP contribution < -0.4 is 10.1 Å². The highest BCUT2D eigenvalue weighted by atomic mass is 19.4. The Morgan fingerprint density at radius 3 is 1.87 bits per heavy atom. The van der Waals surface area contributed by atoms with Crippen LogP contribution in [-0.4, -0.2) is 135 Å². The lowest BCUT2D eigenvalue weighted by Crippen LogP contribution is -2.45. The van der Waals surface area contributed by atoms with Crippen LogP contribution in [0.3, 0.4) is 0 Å². The molecule has 2 aromatic heterocycles. The fraction of sp³-hybridized carbons (Fsp3) is 0.528. The van der Waals surface area contributed by atoms with Crippen molar-refractivity contribution in [2.45, 2.75) is 76.4 Å². The average molecular weight is 877 g/mol. The smallest absolute Gasteiger partial charge is 0.490 e. The third-order valence-electron chi connectivity index (χ3n) is 8.26. The van der Waals surface area contributed by atoms with Crippen LogP contribution in [-0.2, 0) is 24.0 Å². The SMILES string of the molecule is CCC(=O)CCCCC[C@H](NC(=O)CCN1CCN(C)CC1)c1ncc(-c2cc(OC)c3ccccc3n2)[nH]1.O=C(O)C(F)(F)F.O=C(O)C(F)(F)F.O=C(O)C(F)(F)F. The fourth-order valence-corrected chi connectivity index (χ4v) is 4.99. The van der Waals surface area contributed by atoms with Gasteiger partial charge in [-0.1, -0.05) is 31.9 Å². The van der Waals surface area contributed by atoms with Crippen LogP contribution in [0.1, 0.15) is 63.7 Å². The first-order chi connectivity index (χ1) is 27.8. The number of Topliss-reactive ketones (excluding diaryl/α,β-unsaturated/α-hetero) is 1. The molecular weight excluding hydrogens is 831 g/mol. The molecule has 0 aliphatic carbocycles. The van der Waals surface area contributed by atoms with E-state index in [0.29, 0.717) is 25.0 Å². The Balaban J connectivity index is 0.000000702. The van der Waals surface area contributed by atoms with Crippen LogP contribution in [0.25, 0.3) is 22.3 Å². The van der Waals surface area contributed by atoms with Crippen LogP contribution in [0, 0.1) is 0 Å². The molecule has 0 radical (unpaired) electrons. The first kappa shape index (κ1) is 52.5. The molecule has 0 bridgehead atoms. The fourth-order valence-electron chi connectivity index (χ4n) is 4.99. The van der Waals surface area contributed by atoms with Crippen LogP contribution >= 0.6 is 0 Å². The van der Waals surface area contributed by atoms with E-state index in [1.165, 1.54) is 0 Å². The lowest BCUT2D eigenvalue weighted by Gasteiger charge is -2.32. The Bertz CT molecular complexity index is 1790. The van der Waals surface area contributed by atoms with E-state index in [2.05, 4.69) is 32.1 Å². The number of aromatic amines is 1. The number of H-pyrrole nitrogens is 1. The van der Waals surface area contributed by atoms with Crippen molar-refractivity contribution in [1.82, 2.24) is 30.1 Å². The molecule has 4 rings (SSSR count). The number of unbranched alkanes of at least 4 members (excludes halogenated alkanes) is 2. The van der Waals surface area contributed by atoms with Crippen molar-refractivity contribution < 1.29 is 83.5 Å². The highest BCUT2D eigenvalue weighted by Gasteiger charge is 2.39. The Kier molecular flexibility index (Phi) is 21.5. The number of hydrogen-bond donors (Lipinski definition) is 5. The van der Waals surface area contributed by atoms with Crippen LogP contribution in [0.5, 0.6) is 5.75 Å². The molecule has 0 saturated carbocycles. The molecule has 3 heterocycles. The van der Waals surface area contributed by atoms with Gasteiger partial charge in [0.2, 0.25) is 5.91 Å². The zero-order valence-electron chi connectivity index (χ0n) is 32.5. The first-order valence-corrected chi connectivity index (χ1v) is 17.9. The normalized spacial score (nSPS) is 13.9. The monoisotopic (exact) mass is 876 g/mol. The third kappa shape index (κ3) is 20.0. The van der Waals surface area contributed by atoms with E-state index in [4.69, 9.17) is 39.4 Å². The predicted molar refractivity (Wildman–Crippen MR) is 195 cm³/mol. The number of carboxylic acid groups (broad SMARTS) is 3. The molecular formula is C36H45F9N6O9. The van der Waals surface area contributed by atoms with Gasteiger partial charge in [-0.2, -0.15) is 39.5 Å². The maximum atomic E-state index is 13.0. The van der Waals surface area contributed by atoms with Crippen molar-refractivity contribution in [1.29, 1.82) is 0 Å². The zero-order valence-corrected chi connectivity index (χ0v) is 32.5. The highest BCUT2D eigenvalue weighted by molar-refractivity contribution is 5.87. The van der Waals surface area contributed by atoms with E-state index >= 15 is 0 Å². The summed E-state index contributed by atoms with van der Waals surface area (Å²) in [4.78, 5) is 68.9. The second-order valence-corrected chi connectivity index (χ2v) is 12.8. The molecule has 1 fully saturated rings. The predicted octanol–water partition coefficient (Wildman–Crippen LogP) is 6.26. The molecule has 3 aromatic rings. The number of ether oxygens (including phenoxy) is 1. The summed E-state index contributed by atoms with van der Waals surface area (Å²) in [5, 5.41) is 25.6. The molecule has 1 aromatic carbocycles. The quantitative estimate of drug-likeness (QED) is 0.0895. The van der Waals surface area contributed by atoms with E-state index in [1.54, 1.807) is 13.3 Å². The number of imidazole rings is 1. The van der Waals surface area contributed by atoms with Crippen LogP contribution in [0.2, 0.25) is 0 Å². The number of alkyl halides is 9. The van der Waals surface area contributed by atoms with Gasteiger partial charge in [-0.15, -0.1) is 0 Å². The highest BCUT2D eigenvalue weighted by Crippen LogP contribution is 2.30. The first-order valence-electron chi connectivity index (χ1n) is 17.9. The number of benzene rings is 1.